The summed E-state index contributed by atoms with van der Waals surface area (Å²) in [5, 5.41) is 2.90. The Morgan fingerprint density at radius 1 is 1.06 bits per heavy atom. The van der Waals surface area contributed by atoms with Gasteiger partial charge in [0.1, 0.15) is 5.75 Å². The van der Waals surface area contributed by atoms with Crippen LogP contribution in [-0.2, 0) is 16.1 Å². The molecule has 2 aliphatic heterocycles. The van der Waals surface area contributed by atoms with E-state index < -0.39 is 0 Å². The van der Waals surface area contributed by atoms with Crippen LogP contribution >= 0.6 is 23.5 Å². The molecule has 5 nitrogen and oxygen atoms in total. The van der Waals surface area contributed by atoms with E-state index in [0.29, 0.717) is 23.3 Å². The van der Waals surface area contributed by atoms with Crippen LogP contribution in [0.15, 0.2) is 48.5 Å². The predicted molar refractivity (Wildman–Crippen MR) is 129 cm³/mol. The van der Waals surface area contributed by atoms with Gasteiger partial charge in [0, 0.05) is 25.2 Å². The third-order valence-electron chi connectivity index (χ3n) is 5.38. The maximum atomic E-state index is 12.2. The number of carbonyl (C=O) groups excluding carboxylic acids is 2. The molecule has 2 aromatic carbocycles. The van der Waals surface area contributed by atoms with Crippen LogP contribution in [0.1, 0.15) is 41.4 Å². The van der Waals surface area contributed by atoms with Gasteiger partial charge in [-0.15, -0.1) is 23.5 Å². The molecule has 0 bridgehead atoms. The van der Waals surface area contributed by atoms with Crippen LogP contribution in [0.25, 0.3) is 0 Å². The number of amides is 2. The first-order chi connectivity index (χ1) is 15.2. The van der Waals surface area contributed by atoms with Crippen LogP contribution in [0, 0.1) is 0 Å². The summed E-state index contributed by atoms with van der Waals surface area (Å²) in [6, 6.07) is 15.9. The third kappa shape index (κ3) is 6.20. The highest BCUT2D eigenvalue weighted by Gasteiger charge is 2.20. The second-order valence-corrected chi connectivity index (χ2v) is 10.5. The van der Waals surface area contributed by atoms with Gasteiger partial charge in [0.05, 0.1) is 4.58 Å². The van der Waals surface area contributed by atoms with E-state index in [1.807, 2.05) is 64.8 Å². The summed E-state index contributed by atoms with van der Waals surface area (Å²) in [6.07, 6.45) is 3.89. The Morgan fingerprint density at radius 3 is 2.65 bits per heavy atom. The Bertz CT molecular complexity index is 898. The highest BCUT2D eigenvalue weighted by atomic mass is 32.2. The minimum Gasteiger partial charge on any atom is -0.484 e. The quantitative estimate of drug-likeness (QED) is 0.651. The summed E-state index contributed by atoms with van der Waals surface area (Å²) >= 11 is 3.98. The van der Waals surface area contributed by atoms with E-state index in [2.05, 4.69) is 17.4 Å². The van der Waals surface area contributed by atoms with Crippen molar-refractivity contribution in [1.29, 1.82) is 0 Å². The van der Waals surface area contributed by atoms with E-state index in [1.54, 1.807) is 0 Å². The maximum absolute atomic E-state index is 12.2. The fourth-order valence-electron chi connectivity index (χ4n) is 3.72. The van der Waals surface area contributed by atoms with Crippen molar-refractivity contribution in [2.45, 2.75) is 36.8 Å². The number of carbonyl (C=O) groups is 2. The second-order valence-electron chi connectivity index (χ2n) is 7.73. The van der Waals surface area contributed by atoms with Gasteiger partial charge in [-0.25, -0.2) is 0 Å². The molecule has 2 aromatic rings. The highest BCUT2D eigenvalue weighted by molar-refractivity contribution is 8.16. The van der Waals surface area contributed by atoms with Crippen LogP contribution in [-0.4, -0.2) is 36.5 Å². The Balaban J connectivity index is 1.24. The number of nitrogens with one attached hydrogen (secondary N) is 1. The van der Waals surface area contributed by atoms with Crippen LogP contribution in [0.3, 0.4) is 0 Å². The fraction of sp³-hybridized carbons (Fsp3) is 0.417. The Hall–Kier alpha value is -2.12. The molecule has 0 aliphatic carbocycles. The molecule has 0 atom stereocenters. The van der Waals surface area contributed by atoms with Gasteiger partial charge in [-0.05, 0) is 66.2 Å². The van der Waals surface area contributed by atoms with Crippen molar-refractivity contribution in [2.75, 3.05) is 29.6 Å². The van der Waals surface area contributed by atoms with Crippen LogP contribution in [0.2, 0.25) is 0 Å². The predicted octanol–water partition coefficient (Wildman–Crippen LogP) is 4.77. The molecule has 0 radical (unpaired) electrons. The van der Waals surface area contributed by atoms with Crippen molar-refractivity contribution >= 4 is 41.0 Å². The van der Waals surface area contributed by atoms with Gasteiger partial charge in [-0.3, -0.25) is 9.59 Å². The molecule has 2 saturated heterocycles. The standard InChI is InChI=1S/C24H28N2O3S2/c27-22(17-29-21-10-8-19(9-11-21)24-30-13-4-14-31-24)25-16-18-5-3-6-20(15-18)26-12-2-1-7-23(26)28/h3,5-6,8-11,15,24H,1-2,4,7,12-14,16-17H2,(H,25,27). The van der Waals surface area contributed by atoms with Crippen molar-refractivity contribution in [2.24, 2.45) is 0 Å². The lowest BCUT2D eigenvalue weighted by Crippen LogP contribution is -2.35. The van der Waals surface area contributed by atoms with Gasteiger partial charge in [0.15, 0.2) is 6.61 Å². The second kappa shape index (κ2) is 11.0. The molecule has 2 amide bonds. The maximum Gasteiger partial charge on any atom is 0.258 e. The first-order valence-electron chi connectivity index (χ1n) is 10.8. The van der Waals surface area contributed by atoms with Crippen molar-refractivity contribution in [1.82, 2.24) is 5.32 Å². The van der Waals surface area contributed by atoms with Crippen molar-refractivity contribution < 1.29 is 14.3 Å². The Kier molecular flexibility index (Phi) is 7.81. The first-order valence-corrected chi connectivity index (χ1v) is 12.9. The zero-order valence-electron chi connectivity index (χ0n) is 17.5. The van der Waals surface area contributed by atoms with Gasteiger partial charge in [-0.1, -0.05) is 24.3 Å². The minimum absolute atomic E-state index is 0.0173. The van der Waals surface area contributed by atoms with Gasteiger partial charge in [-0.2, -0.15) is 0 Å². The van der Waals surface area contributed by atoms with Gasteiger partial charge in [0.2, 0.25) is 5.91 Å². The monoisotopic (exact) mass is 456 g/mol. The number of thioether (sulfide) groups is 2. The minimum atomic E-state index is -0.165. The molecule has 31 heavy (non-hydrogen) atoms. The molecule has 164 valence electrons. The summed E-state index contributed by atoms with van der Waals surface area (Å²) in [7, 11) is 0. The molecule has 1 N–H and O–H groups in total. The molecular formula is C24H28N2O3S2. The van der Waals surface area contributed by atoms with Crippen molar-refractivity contribution in [3.8, 4) is 5.75 Å². The molecular weight excluding hydrogens is 428 g/mol. The molecule has 0 unspecified atom stereocenters. The van der Waals surface area contributed by atoms with Gasteiger partial charge in [0.25, 0.3) is 5.91 Å². The summed E-state index contributed by atoms with van der Waals surface area (Å²) in [6.45, 7) is 1.16. The number of nitrogens with zero attached hydrogens (tertiary/aromatic N) is 1. The number of hydrogen-bond donors (Lipinski definition) is 1. The molecule has 0 aromatic heterocycles. The van der Waals surface area contributed by atoms with E-state index in [1.165, 1.54) is 23.5 Å². The largest absolute Gasteiger partial charge is 0.484 e. The first kappa shape index (κ1) is 22.1. The van der Waals surface area contributed by atoms with Gasteiger partial charge < -0.3 is 15.0 Å². The molecule has 2 aliphatic rings. The number of rotatable bonds is 7. The van der Waals surface area contributed by atoms with Gasteiger partial charge >= 0.3 is 0 Å². The Morgan fingerprint density at radius 2 is 1.87 bits per heavy atom. The average molecular weight is 457 g/mol. The molecule has 0 saturated carbocycles. The number of ether oxygens (including phenoxy) is 1. The lowest BCUT2D eigenvalue weighted by atomic mass is 10.1. The molecule has 2 fully saturated rings. The lowest BCUT2D eigenvalue weighted by Gasteiger charge is -2.27. The number of piperidine rings is 1. The van der Waals surface area contributed by atoms with E-state index >= 15 is 0 Å². The van der Waals surface area contributed by atoms with Crippen LogP contribution in [0.4, 0.5) is 5.69 Å². The zero-order valence-corrected chi connectivity index (χ0v) is 19.2. The van der Waals surface area contributed by atoms with E-state index in [4.69, 9.17) is 4.74 Å². The summed E-state index contributed by atoms with van der Waals surface area (Å²) in [5.41, 5.74) is 3.18. The van der Waals surface area contributed by atoms with Crippen LogP contribution < -0.4 is 15.0 Å². The number of anilines is 1. The third-order valence-corrected chi connectivity index (χ3v) is 8.40. The van der Waals surface area contributed by atoms with E-state index in [-0.39, 0.29) is 18.4 Å². The molecule has 0 spiro atoms. The fourth-order valence-corrected chi connectivity index (χ4v) is 6.61. The van der Waals surface area contributed by atoms with Crippen molar-refractivity contribution in [3.63, 3.8) is 0 Å². The van der Waals surface area contributed by atoms with Crippen molar-refractivity contribution in [3.05, 3.63) is 59.7 Å². The average Bonchev–Trinajstić information content (AvgIpc) is 2.83. The smallest absolute Gasteiger partial charge is 0.258 e. The van der Waals surface area contributed by atoms with Crippen LogP contribution in [0.5, 0.6) is 5.75 Å². The summed E-state index contributed by atoms with van der Waals surface area (Å²) < 4.78 is 6.15. The summed E-state index contributed by atoms with van der Waals surface area (Å²) in [4.78, 5) is 26.2. The summed E-state index contributed by atoms with van der Waals surface area (Å²) in [5.74, 6) is 3.14. The molecule has 4 rings (SSSR count). The SMILES string of the molecule is O=C(COc1ccc(C2SCCCS2)cc1)NCc1cccc(N2CCCCC2=O)c1. The van der Waals surface area contributed by atoms with E-state index in [9.17, 15) is 9.59 Å². The number of hydrogen-bond acceptors (Lipinski definition) is 5. The molecule has 7 heteroatoms. The normalized spacial score (nSPS) is 17.4. The Labute approximate surface area is 192 Å². The zero-order chi connectivity index (χ0) is 21.5. The number of benzene rings is 2. The van der Waals surface area contributed by atoms with E-state index in [0.717, 1.165) is 30.6 Å². The lowest BCUT2D eigenvalue weighted by molar-refractivity contribution is -0.123. The highest BCUT2D eigenvalue weighted by Crippen LogP contribution is 2.43. The molecule has 2 heterocycles. The topological polar surface area (TPSA) is 58.6 Å².